The summed E-state index contributed by atoms with van der Waals surface area (Å²) in [7, 11) is 0. The van der Waals surface area contributed by atoms with Crippen LogP contribution in [0.3, 0.4) is 0 Å². The van der Waals surface area contributed by atoms with Crippen LogP contribution in [0.15, 0.2) is 6.07 Å². The molecule has 0 fully saturated rings. The Labute approximate surface area is 118 Å². The SMILES string of the molecule is Cc1cc(C)c(C)c(C(F)(F)CCCCC(=O)O)c1C. The molecule has 20 heavy (non-hydrogen) atoms. The van der Waals surface area contributed by atoms with E-state index in [1.807, 2.05) is 19.9 Å². The summed E-state index contributed by atoms with van der Waals surface area (Å²) in [6.07, 6.45) is 0.144. The monoisotopic (exact) mass is 284 g/mol. The van der Waals surface area contributed by atoms with Gasteiger partial charge in [0.1, 0.15) is 0 Å². The molecular formula is C16H22F2O2. The lowest BCUT2D eigenvalue weighted by molar-refractivity contribution is -0.137. The fourth-order valence-electron chi connectivity index (χ4n) is 2.51. The van der Waals surface area contributed by atoms with E-state index in [2.05, 4.69) is 0 Å². The number of benzene rings is 1. The quantitative estimate of drug-likeness (QED) is 0.772. The summed E-state index contributed by atoms with van der Waals surface area (Å²) in [5, 5.41) is 8.53. The summed E-state index contributed by atoms with van der Waals surface area (Å²) < 4.78 is 28.8. The molecule has 0 amide bonds. The van der Waals surface area contributed by atoms with E-state index in [0.29, 0.717) is 11.1 Å². The molecule has 0 heterocycles. The summed E-state index contributed by atoms with van der Waals surface area (Å²) in [6, 6.07) is 1.93. The largest absolute Gasteiger partial charge is 0.481 e. The third-order valence-electron chi connectivity index (χ3n) is 3.86. The molecule has 0 atom stereocenters. The van der Waals surface area contributed by atoms with E-state index in [-0.39, 0.29) is 31.2 Å². The number of halogens is 2. The third kappa shape index (κ3) is 3.78. The Bertz CT molecular complexity index is 481. The number of hydrogen-bond donors (Lipinski definition) is 1. The van der Waals surface area contributed by atoms with Gasteiger partial charge in [-0.15, -0.1) is 0 Å². The first-order chi connectivity index (χ1) is 9.16. The van der Waals surface area contributed by atoms with E-state index in [1.165, 1.54) is 0 Å². The van der Waals surface area contributed by atoms with Crippen molar-refractivity contribution in [2.45, 2.75) is 59.3 Å². The topological polar surface area (TPSA) is 37.3 Å². The minimum absolute atomic E-state index is 0.0547. The second-order valence-electron chi connectivity index (χ2n) is 5.44. The van der Waals surface area contributed by atoms with E-state index in [9.17, 15) is 13.6 Å². The molecule has 0 unspecified atom stereocenters. The number of hydrogen-bond acceptors (Lipinski definition) is 1. The standard InChI is InChI=1S/C16H22F2O2/c1-10-9-11(2)13(4)15(12(10)3)16(17,18)8-6-5-7-14(19)20/h9H,5-8H2,1-4H3,(H,19,20). The number of aliphatic carboxylic acids is 1. The first-order valence-corrected chi connectivity index (χ1v) is 6.84. The molecule has 0 radical (unpaired) electrons. The second kappa shape index (κ2) is 6.33. The number of unbranched alkanes of at least 4 members (excludes halogenated alkanes) is 1. The Morgan fingerprint density at radius 1 is 1.10 bits per heavy atom. The highest BCUT2D eigenvalue weighted by atomic mass is 19.3. The average molecular weight is 284 g/mol. The van der Waals surface area contributed by atoms with E-state index >= 15 is 0 Å². The lowest BCUT2D eigenvalue weighted by atomic mass is 9.88. The summed E-state index contributed by atoms with van der Waals surface area (Å²) in [4.78, 5) is 10.4. The van der Waals surface area contributed by atoms with Gasteiger partial charge in [-0.3, -0.25) is 4.79 Å². The zero-order valence-electron chi connectivity index (χ0n) is 12.5. The van der Waals surface area contributed by atoms with Crippen molar-refractivity contribution >= 4 is 5.97 Å². The van der Waals surface area contributed by atoms with Gasteiger partial charge >= 0.3 is 5.97 Å². The van der Waals surface area contributed by atoms with Crippen LogP contribution < -0.4 is 0 Å². The second-order valence-corrected chi connectivity index (χ2v) is 5.44. The van der Waals surface area contributed by atoms with Crippen molar-refractivity contribution in [1.29, 1.82) is 0 Å². The highest BCUT2D eigenvalue weighted by Gasteiger charge is 2.34. The first-order valence-electron chi connectivity index (χ1n) is 6.84. The molecule has 1 N–H and O–H groups in total. The molecule has 0 aliphatic carbocycles. The van der Waals surface area contributed by atoms with Crippen LogP contribution in [0.5, 0.6) is 0 Å². The predicted octanol–water partition coefficient (Wildman–Crippen LogP) is 4.66. The highest BCUT2D eigenvalue weighted by Crippen LogP contribution is 2.39. The summed E-state index contributed by atoms with van der Waals surface area (Å²) in [5.74, 6) is -3.84. The van der Waals surface area contributed by atoms with Crippen LogP contribution in [0.2, 0.25) is 0 Å². The van der Waals surface area contributed by atoms with Gasteiger partial charge in [0.2, 0.25) is 0 Å². The van der Waals surface area contributed by atoms with Gasteiger partial charge in [-0.2, -0.15) is 0 Å². The van der Waals surface area contributed by atoms with Crippen LogP contribution >= 0.6 is 0 Å². The zero-order valence-corrected chi connectivity index (χ0v) is 12.5. The maximum Gasteiger partial charge on any atom is 0.303 e. The van der Waals surface area contributed by atoms with Crippen molar-refractivity contribution in [3.8, 4) is 0 Å². The Balaban J connectivity index is 2.94. The highest BCUT2D eigenvalue weighted by molar-refractivity contribution is 5.66. The van der Waals surface area contributed by atoms with Crippen molar-refractivity contribution in [2.24, 2.45) is 0 Å². The molecule has 0 aromatic heterocycles. The minimum atomic E-state index is -2.90. The van der Waals surface area contributed by atoms with E-state index in [4.69, 9.17) is 5.11 Å². The van der Waals surface area contributed by atoms with Crippen LogP contribution in [-0.2, 0) is 10.7 Å². The first kappa shape index (κ1) is 16.6. The van der Waals surface area contributed by atoms with Gasteiger partial charge in [0, 0.05) is 18.4 Å². The van der Waals surface area contributed by atoms with Crippen molar-refractivity contribution in [3.63, 3.8) is 0 Å². The predicted molar refractivity (Wildman–Crippen MR) is 75.4 cm³/mol. The minimum Gasteiger partial charge on any atom is -0.481 e. The van der Waals surface area contributed by atoms with Crippen LogP contribution in [0.1, 0.15) is 53.5 Å². The lowest BCUT2D eigenvalue weighted by Gasteiger charge is -2.23. The molecule has 0 spiro atoms. The lowest BCUT2D eigenvalue weighted by Crippen LogP contribution is -2.18. The molecule has 1 aromatic rings. The zero-order chi connectivity index (χ0) is 15.5. The Morgan fingerprint density at radius 2 is 1.60 bits per heavy atom. The van der Waals surface area contributed by atoms with Crippen molar-refractivity contribution in [1.82, 2.24) is 0 Å². The Morgan fingerprint density at radius 3 is 2.05 bits per heavy atom. The summed E-state index contributed by atoms with van der Waals surface area (Å²) in [6.45, 7) is 7.13. The third-order valence-corrected chi connectivity index (χ3v) is 3.86. The molecule has 0 saturated carbocycles. The van der Waals surface area contributed by atoms with Crippen LogP contribution in [-0.4, -0.2) is 11.1 Å². The van der Waals surface area contributed by atoms with Gasteiger partial charge in [-0.25, -0.2) is 8.78 Å². The van der Waals surface area contributed by atoms with Crippen LogP contribution in [0.4, 0.5) is 8.78 Å². The molecule has 0 aliphatic rings. The number of carboxylic acid groups (broad SMARTS) is 1. The van der Waals surface area contributed by atoms with Gasteiger partial charge < -0.3 is 5.11 Å². The number of alkyl halides is 2. The Kier molecular flexibility index (Phi) is 5.26. The molecule has 1 rings (SSSR count). The molecule has 0 bridgehead atoms. The van der Waals surface area contributed by atoms with Gasteiger partial charge in [-0.1, -0.05) is 6.07 Å². The average Bonchev–Trinajstić information content (AvgIpc) is 2.32. The molecule has 0 saturated heterocycles. The Hall–Kier alpha value is -1.45. The van der Waals surface area contributed by atoms with E-state index in [1.54, 1.807) is 13.8 Å². The smallest absolute Gasteiger partial charge is 0.303 e. The maximum atomic E-state index is 14.4. The van der Waals surface area contributed by atoms with E-state index in [0.717, 1.165) is 11.1 Å². The molecule has 1 aromatic carbocycles. The number of carboxylic acids is 1. The van der Waals surface area contributed by atoms with Gasteiger partial charge in [0.05, 0.1) is 0 Å². The molecule has 4 heteroatoms. The molecule has 2 nitrogen and oxygen atoms in total. The van der Waals surface area contributed by atoms with Crippen molar-refractivity contribution in [3.05, 3.63) is 33.9 Å². The molecule has 112 valence electrons. The maximum absolute atomic E-state index is 14.4. The van der Waals surface area contributed by atoms with Crippen molar-refractivity contribution < 1.29 is 18.7 Å². The summed E-state index contributed by atoms with van der Waals surface area (Å²) >= 11 is 0. The van der Waals surface area contributed by atoms with Crippen LogP contribution in [0, 0.1) is 27.7 Å². The van der Waals surface area contributed by atoms with Gasteiger partial charge in [0.15, 0.2) is 0 Å². The van der Waals surface area contributed by atoms with Gasteiger partial charge in [-0.05, 0) is 62.8 Å². The number of carbonyl (C=O) groups is 1. The van der Waals surface area contributed by atoms with Crippen molar-refractivity contribution in [2.75, 3.05) is 0 Å². The number of aryl methyl sites for hydroxylation is 2. The fraction of sp³-hybridized carbons (Fsp3) is 0.562. The molecule has 0 aliphatic heterocycles. The fourth-order valence-corrected chi connectivity index (χ4v) is 2.51. The van der Waals surface area contributed by atoms with Crippen LogP contribution in [0.25, 0.3) is 0 Å². The molecular weight excluding hydrogens is 262 g/mol. The summed E-state index contributed by atoms with van der Waals surface area (Å²) in [5.41, 5.74) is 3.12. The van der Waals surface area contributed by atoms with Gasteiger partial charge in [0.25, 0.3) is 5.92 Å². The normalized spacial score (nSPS) is 11.7. The van der Waals surface area contributed by atoms with E-state index < -0.39 is 11.9 Å². The number of rotatable bonds is 6.